The molecule has 0 radical (unpaired) electrons. The van der Waals surface area contributed by atoms with Crippen molar-refractivity contribution in [2.24, 2.45) is 0 Å². The van der Waals surface area contributed by atoms with Gasteiger partial charge in [-0.05, 0) is 6.07 Å². The van der Waals surface area contributed by atoms with Crippen LogP contribution in [0.3, 0.4) is 0 Å². The fourth-order valence-corrected chi connectivity index (χ4v) is 0.917. The van der Waals surface area contributed by atoms with E-state index in [0.717, 1.165) is 6.07 Å². The van der Waals surface area contributed by atoms with E-state index in [1.54, 1.807) is 0 Å². The zero-order valence-corrected chi connectivity index (χ0v) is 6.88. The Bertz CT molecular complexity index is 354. The molecule has 3 nitrogen and oxygen atoms in total. The molecule has 0 aromatic carbocycles. The SMILES string of the molecule is O=C(O)Cc1cc(C(F)F)ncc1F. The molecule has 0 atom stereocenters. The summed E-state index contributed by atoms with van der Waals surface area (Å²) in [4.78, 5) is 13.4. The van der Waals surface area contributed by atoms with Gasteiger partial charge in [-0.1, -0.05) is 0 Å². The highest BCUT2D eigenvalue weighted by Gasteiger charge is 2.14. The second-order valence-electron chi connectivity index (χ2n) is 2.57. The van der Waals surface area contributed by atoms with Crippen molar-refractivity contribution in [2.75, 3.05) is 0 Å². The molecule has 1 rings (SSSR count). The summed E-state index contributed by atoms with van der Waals surface area (Å²) in [6.07, 6.45) is -2.86. The van der Waals surface area contributed by atoms with Crippen LogP contribution in [0.4, 0.5) is 13.2 Å². The maximum absolute atomic E-state index is 12.8. The zero-order chi connectivity index (χ0) is 10.7. The fourth-order valence-electron chi connectivity index (χ4n) is 0.917. The first-order chi connectivity index (χ1) is 6.50. The number of carboxylic acid groups (broad SMARTS) is 1. The molecule has 0 spiro atoms. The Balaban J connectivity index is 3.02. The smallest absolute Gasteiger partial charge is 0.307 e. The number of nitrogens with zero attached hydrogens (tertiary/aromatic N) is 1. The van der Waals surface area contributed by atoms with Gasteiger partial charge in [-0.3, -0.25) is 9.78 Å². The number of halogens is 3. The molecule has 0 saturated heterocycles. The third-order valence-electron chi connectivity index (χ3n) is 1.52. The maximum atomic E-state index is 12.8. The van der Waals surface area contributed by atoms with Crippen LogP contribution < -0.4 is 0 Å². The van der Waals surface area contributed by atoms with Gasteiger partial charge in [0.25, 0.3) is 6.43 Å². The minimum atomic E-state index is -2.83. The lowest BCUT2D eigenvalue weighted by molar-refractivity contribution is -0.136. The molecule has 0 aliphatic carbocycles. The predicted molar refractivity (Wildman–Crippen MR) is 40.5 cm³/mol. The molecule has 0 amide bonds. The van der Waals surface area contributed by atoms with Gasteiger partial charge in [0.15, 0.2) is 0 Å². The van der Waals surface area contributed by atoms with Crippen LogP contribution in [0.5, 0.6) is 0 Å². The number of aliphatic carboxylic acids is 1. The van der Waals surface area contributed by atoms with Crippen LogP contribution in [-0.2, 0) is 11.2 Å². The molecule has 76 valence electrons. The summed E-state index contributed by atoms with van der Waals surface area (Å²) in [5.41, 5.74) is -0.912. The Labute approximate surface area is 77.2 Å². The van der Waals surface area contributed by atoms with E-state index in [-0.39, 0.29) is 5.56 Å². The van der Waals surface area contributed by atoms with Gasteiger partial charge < -0.3 is 5.11 Å². The first kappa shape index (κ1) is 10.5. The summed E-state index contributed by atoms with van der Waals surface area (Å²) in [6, 6.07) is 0.758. The largest absolute Gasteiger partial charge is 0.481 e. The van der Waals surface area contributed by atoms with E-state index in [0.29, 0.717) is 6.20 Å². The van der Waals surface area contributed by atoms with Crippen LogP contribution in [0.25, 0.3) is 0 Å². The van der Waals surface area contributed by atoms with Gasteiger partial charge in [-0.15, -0.1) is 0 Å². The van der Waals surface area contributed by atoms with Gasteiger partial charge in [0.1, 0.15) is 11.5 Å². The summed E-state index contributed by atoms with van der Waals surface area (Å²) >= 11 is 0. The second-order valence-corrected chi connectivity index (χ2v) is 2.57. The Hall–Kier alpha value is -1.59. The van der Waals surface area contributed by atoms with E-state index in [2.05, 4.69) is 4.98 Å². The highest BCUT2D eigenvalue weighted by atomic mass is 19.3. The Morgan fingerprint density at radius 3 is 2.71 bits per heavy atom. The summed E-state index contributed by atoms with van der Waals surface area (Å²) in [6.45, 7) is 0. The number of alkyl halides is 2. The van der Waals surface area contributed by atoms with Crippen LogP contribution in [-0.4, -0.2) is 16.1 Å². The number of carbonyl (C=O) groups is 1. The van der Waals surface area contributed by atoms with E-state index >= 15 is 0 Å². The lowest BCUT2D eigenvalue weighted by Crippen LogP contribution is -2.04. The van der Waals surface area contributed by atoms with Crippen LogP contribution >= 0.6 is 0 Å². The molecular formula is C8H6F3NO2. The van der Waals surface area contributed by atoms with Crippen LogP contribution in [0.1, 0.15) is 17.7 Å². The van der Waals surface area contributed by atoms with Crippen LogP contribution in [0, 0.1) is 5.82 Å². The van der Waals surface area contributed by atoms with Gasteiger partial charge >= 0.3 is 5.97 Å². The van der Waals surface area contributed by atoms with Crippen LogP contribution in [0.15, 0.2) is 12.3 Å². The van der Waals surface area contributed by atoms with Gasteiger partial charge in [0.05, 0.1) is 12.6 Å². The second kappa shape index (κ2) is 4.08. The van der Waals surface area contributed by atoms with E-state index < -0.39 is 30.3 Å². The van der Waals surface area contributed by atoms with Crippen LogP contribution in [0.2, 0.25) is 0 Å². The van der Waals surface area contributed by atoms with E-state index in [9.17, 15) is 18.0 Å². The Kier molecular flexibility index (Phi) is 3.06. The molecule has 0 unspecified atom stereocenters. The van der Waals surface area contributed by atoms with E-state index in [4.69, 9.17) is 5.11 Å². The van der Waals surface area contributed by atoms with Gasteiger partial charge in [0, 0.05) is 5.56 Å². The standard InChI is InChI=1S/C8H6F3NO2/c9-5-3-12-6(8(10)11)1-4(5)2-7(13)14/h1,3,8H,2H2,(H,13,14). The molecule has 1 aromatic rings. The lowest BCUT2D eigenvalue weighted by atomic mass is 10.1. The first-order valence-electron chi connectivity index (χ1n) is 3.65. The van der Waals surface area contributed by atoms with E-state index in [1.807, 2.05) is 0 Å². The summed E-state index contributed by atoms with van der Waals surface area (Å²) in [5, 5.41) is 8.35. The highest BCUT2D eigenvalue weighted by Crippen LogP contribution is 2.18. The van der Waals surface area contributed by atoms with Crippen molar-refractivity contribution in [3.05, 3.63) is 29.3 Å². The van der Waals surface area contributed by atoms with Crippen molar-refractivity contribution in [1.82, 2.24) is 4.98 Å². The van der Waals surface area contributed by atoms with Crippen molar-refractivity contribution in [1.29, 1.82) is 0 Å². The van der Waals surface area contributed by atoms with Gasteiger partial charge in [-0.2, -0.15) is 0 Å². The quantitative estimate of drug-likeness (QED) is 0.818. The molecule has 0 saturated carbocycles. The van der Waals surface area contributed by atoms with Crippen molar-refractivity contribution >= 4 is 5.97 Å². The number of aromatic nitrogens is 1. The summed E-state index contributed by atoms with van der Waals surface area (Å²) in [7, 11) is 0. The molecule has 1 N–H and O–H groups in total. The predicted octanol–water partition coefficient (Wildman–Crippen LogP) is 1.79. The molecular weight excluding hydrogens is 199 g/mol. The molecule has 6 heteroatoms. The fraction of sp³-hybridized carbons (Fsp3) is 0.250. The molecule has 0 bridgehead atoms. The Morgan fingerprint density at radius 1 is 1.57 bits per heavy atom. The summed E-state index contributed by atoms with van der Waals surface area (Å²) in [5.74, 6) is -2.17. The monoisotopic (exact) mass is 205 g/mol. The zero-order valence-electron chi connectivity index (χ0n) is 6.88. The molecule has 1 aromatic heterocycles. The molecule has 1 heterocycles. The van der Waals surface area contributed by atoms with Crippen molar-refractivity contribution in [2.45, 2.75) is 12.8 Å². The van der Waals surface area contributed by atoms with Crippen molar-refractivity contribution < 1.29 is 23.1 Å². The number of hydrogen-bond donors (Lipinski definition) is 1. The van der Waals surface area contributed by atoms with E-state index in [1.165, 1.54) is 0 Å². The lowest BCUT2D eigenvalue weighted by Gasteiger charge is -2.02. The third kappa shape index (κ3) is 2.45. The van der Waals surface area contributed by atoms with Gasteiger partial charge in [-0.25, -0.2) is 13.2 Å². The third-order valence-corrected chi connectivity index (χ3v) is 1.52. The number of carboxylic acids is 1. The molecule has 0 aliphatic heterocycles. The average molecular weight is 205 g/mol. The average Bonchev–Trinajstić information content (AvgIpc) is 2.07. The highest BCUT2D eigenvalue weighted by molar-refractivity contribution is 5.70. The van der Waals surface area contributed by atoms with Gasteiger partial charge in [0.2, 0.25) is 0 Å². The number of hydrogen-bond acceptors (Lipinski definition) is 2. The topological polar surface area (TPSA) is 50.2 Å². The molecule has 14 heavy (non-hydrogen) atoms. The molecule has 0 fully saturated rings. The minimum absolute atomic E-state index is 0.289. The van der Waals surface area contributed by atoms with Crippen molar-refractivity contribution in [3.63, 3.8) is 0 Å². The maximum Gasteiger partial charge on any atom is 0.307 e. The molecule has 0 aliphatic rings. The Morgan fingerprint density at radius 2 is 2.21 bits per heavy atom. The summed E-state index contributed by atoms with van der Waals surface area (Å²) < 4.78 is 37.0. The normalized spacial score (nSPS) is 10.6. The first-order valence-corrected chi connectivity index (χ1v) is 3.65. The minimum Gasteiger partial charge on any atom is -0.481 e. The van der Waals surface area contributed by atoms with Crippen molar-refractivity contribution in [3.8, 4) is 0 Å². The number of rotatable bonds is 3. The number of pyridine rings is 1.